The first-order valence-corrected chi connectivity index (χ1v) is 5.70. The molecule has 0 saturated carbocycles. The van der Waals surface area contributed by atoms with Gasteiger partial charge in [-0.05, 0) is 19.3 Å². The number of guanidine groups is 1. The zero-order valence-corrected chi connectivity index (χ0v) is 9.83. The van der Waals surface area contributed by atoms with Crippen LogP contribution in [-0.2, 0) is 0 Å². The van der Waals surface area contributed by atoms with E-state index in [-0.39, 0.29) is 0 Å². The maximum atomic E-state index is 5.91. The Balaban J connectivity index is 2.70. The molecule has 0 bridgehead atoms. The SMILES string of the molecule is CCC(C)C1CN=C(N)N1C(C)CC. The molecule has 1 heterocycles. The molecule has 0 aromatic heterocycles. The first-order valence-electron chi connectivity index (χ1n) is 5.70. The smallest absolute Gasteiger partial charge is 0.191 e. The molecule has 0 aromatic carbocycles. The highest BCUT2D eigenvalue weighted by molar-refractivity contribution is 5.80. The van der Waals surface area contributed by atoms with Crippen molar-refractivity contribution in [1.82, 2.24) is 4.90 Å². The van der Waals surface area contributed by atoms with Gasteiger partial charge in [-0.3, -0.25) is 4.99 Å². The van der Waals surface area contributed by atoms with Gasteiger partial charge in [-0.15, -0.1) is 0 Å². The average molecular weight is 197 g/mol. The topological polar surface area (TPSA) is 41.6 Å². The largest absolute Gasteiger partial charge is 0.370 e. The third kappa shape index (κ3) is 2.02. The molecular formula is C11H23N3. The Bertz CT molecular complexity index is 213. The van der Waals surface area contributed by atoms with Crippen LogP contribution in [0.2, 0.25) is 0 Å². The summed E-state index contributed by atoms with van der Waals surface area (Å²) in [6.07, 6.45) is 2.32. The Kier molecular flexibility index (Phi) is 3.78. The molecule has 3 atom stereocenters. The minimum Gasteiger partial charge on any atom is -0.370 e. The minimum absolute atomic E-state index is 0.514. The van der Waals surface area contributed by atoms with Crippen molar-refractivity contribution in [3.05, 3.63) is 0 Å². The van der Waals surface area contributed by atoms with E-state index in [0.717, 1.165) is 18.9 Å². The summed E-state index contributed by atoms with van der Waals surface area (Å²) in [4.78, 5) is 6.66. The van der Waals surface area contributed by atoms with Crippen molar-refractivity contribution >= 4 is 5.96 Å². The summed E-state index contributed by atoms with van der Waals surface area (Å²) >= 11 is 0. The van der Waals surface area contributed by atoms with Crippen LogP contribution < -0.4 is 5.73 Å². The summed E-state index contributed by atoms with van der Waals surface area (Å²) in [7, 11) is 0. The van der Waals surface area contributed by atoms with Crippen LogP contribution in [0.15, 0.2) is 4.99 Å². The highest BCUT2D eigenvalue weighted by atomic mass is 15.3. The van der Waals surface area contributed by atoms with Crippen molar-refractivity contribution in [2.24, 2.45) is 16.6 Å². The molecular weight excluding hydrogens is 174 g/mol. The molecule has 0 aliphatic carbocycles. The summed E-state index contributed by atoms with van der Waals surface area (Å²) in [5.41, 5.74) is 5.91. The van der Waals surface area contributed by atoms with E-state index >= 15 is 0 Å². The van der Waals surface area contributed by atoms with Crippen LogP contribution in [0.25, 0.3) is 0 Å². The Morgan fingerprint density at radius 3 is 2.57 bits per heavy atom. The van der Waals surface area contributed by atoms with Gasteiger partial charge in [-0.2, -0.15) is 0 Å². The zero-order valence-electron chi connectivity index (χ0n) is 9.83. The van der Waals surface area contributed by atoms with E-state index in [4.69, 9.17) is 5.73 Å². The molecule has 1 aliphatic heterocycles. The number of rotatable bonds is 4. The lowest BCUT2D eigenvalue weighted by molar-refractivity contribution is 0.206. The van der Waals surface area contributed by atoms with Crippen molar-refractivity contribution in [2.45, 2.75) is 52.6 Å². The minimum atomic E-state index is 0.514. The van der Waals surface area contributed by atoms with Crippen molar-refractivity contribution in [2.75, 3.05) is 6.54 Å². The first-order chi connectivity index (χ1) is 6.61. The van der Waals surface area contributed by atoms with Crippen LogP contribution in [0.4, 0.5) is 0 Å². The van der Waals surface area contributed by atoms with Crippen LogP contribution in [0.5, 0.6) is 0 Å². The molecule has 1 aliphatic rings. The fraction of sp³-hybridized carbons (Fsp3) is 0.909. The first kappa shape index (κ1) is 11.3. The molecule has 3 heteroatoms. The number of hydrogen-bond acceptors (Lipinski definition) is 3. The number of nitrogens with two attached hydrogens (primary N) is 1. The second-order valence-corrected chi connectivity index (χ2v) is 4.32. The van der Waals surface area contributed by atoms with E-state index in [1.165, 1.54) is 6.42 Å². The van der Waals surface area contributed by atoms with Crippen LogP contribution >= 0.6 is 0 Å². The third-order valence-corrected chi connectivity index (χ3v) is 3.43. The van der Waals surface area contributed by atoms with Crippen molar-refractivity contribution in [3.63, 3.8) is 0 Å². The van der Waals surface area contributed by atoms with Gasteiger partial charge in [0, 0.05) is 6.04 Å². The van der Waals surface area contributed by atoms with Gasteiger partial charge in [0.05, 0.1) is 12.6 Å². The fourth-order valence-corrected chi connectivity index (χ4v) is 2.00. The highest BCUT2D eigenvalue weighted by Gasteiger charge is 2.32. The van der Waals surface area contributed by atoms with Crippen molar-refractivity contribution in [1.29, 1.82) is 0 Å². The van der Waals surface area contributed by atoms with Gasteiger partial charge in [0.25, 0.3) is 0 Å². The van der Waals surface area contributed by atoms with Crippen LogP contribution in [0.3, 0.4) is 0 Å². The van der Waals surface area contributed by atoms with E-state index in [1.54, 1.807) is 0 Å². The molecule has 2 N–H and O–H groups in total. The zero-order chi connectivity index (χ0) is 10.7. The maximum Gasteiger partial charge on any atom is 0.191 e. The predicted molar refractivity (Wildman–Crippen MR) is 61.3 cm³/mol. The number of aliphatic imine (C=N–C) groups is 1. The fourth-order valence-electron chi connectivity index (χ4n) is 2.00. The molecule has 3 nitrogen and oxygen atoms in total. The van der Waals surface area contributed by atoms with E-state index in [9.17, 15) is 0 Å². The molecule has 1 rings (SSSR count). The number of hydrogen-bond donors (Lipinski definition) is 1. The number of nitrogens with zero attached hydrogens (tertiary/aromatic N) is 2. The summed E-state index contributed by atoms with van der Waals surface area (Å²) in [5, 5.41) is 0. The van der Waals surface area contributed by atoms with E-state index in [2.05, 4.69) is 37.6 Å². The van der Waals surface area contributed by atoms with Gasteiger partial charge in [0.15, 0.2) is 5.96 Å². The molecule has 0 radical (unpaired) electrons. The third-order valence-electron chi connectivity index (χ3n) is 3.43. The summed E-state index contributed by atoms with van der Waals surface area (Å²) in [6.45, 7) is 9.82. The second kappa shape index (κ2) is 4.67. The predicted octanol–water partition coefficient (Wildman–Crippen LogP) is 1.83. The Labute approximate surface area is 87.4 Å². The Hall–Kier alpha value is -0.730. The van der Waals surface area contributed by atoms with Crippen LogP contribution in [0.1, 0.15) is 40.5 Å². The highest BCUT2D eigenvalue weighted by Crippen LogP contribution is 2.22. The lowest BCUT2D eigenvalue weighted by atomic mass is 9.97. The van der Waals surface area contributed by atoms with E-state index < -0.39 is 0 Å². The lowest BCUT2D eigenvalue weighted by Crippen LogP contribution is -2.48. The van der Waals surface area contributed by atoms with E-state index in [1.807, 2.05) is 0 Å². The van der Waals surface area contributed by atoms with Crippen LogP contribution in [-0.4, -0.2) is 29.5 Å². The molecule has 0 amide bonds. The summed E-state index contributed by atoms with van der Waals surface area (Å²) in [5.74, 6) is 1.42. The van der Waals surface area contributed by atoms with Gasteiger partial charge in [-0.25, -0.2) is 0 Å². The normalized spacial score (nSPS) is 26.1. The van der Waals surface area contributed by atoms with Crippen molar-refractivity contribution < 1.29 is 0 Å². The van der Waals surface area contributed by atoms with Gasteiger partial charge in [-0.1, -0.05) is 27.2 Å². The standard InChI is InChI=1S/C11H23N3/c1-5-8(3)10-7-13-11(12)14(10)9(4)6-2/h8-10H,5-7H2,1-4H3,(H2,12,13). The van der Waals surface area contributed by atoms with E-state index in [0.29, 0.717) is 18.0 Å². The summed E-state index contributed by atoms with van der Waals surface area (Å²) < 4.78 is 0. The molecule has 0 fully saturated rings. The Morgan fingerprint density at radius 1 is 1.43 bits per heavy atom. The van der Waals surface area contributed by atoms with Crippen molar-refractivity contribution in [3.8, 4) is 0 Å². The summed E-state index contributed by atoms with van der Waals surface area (Å²) in [6, 6.07) is 1.04. The van der Waals surface area contributed by atoms with Gasteiger partial charge < -0.3 is 10.6 Å². The average Bonchev–Trinajstić information content (AvgIpc) is 2.58. The molecule has 0 spiro atoms. The molecule has 3 unspecified atom stereocenters. The molecule has 14 heavy (non-hydrogen) atoms. The maximum absolute atomic E-state index is 5.91. The van der Waals surface area contributed by atoms with Crippen LogP contribution in [0, 0.1) is 5.92 Å². The lowest BCUT2D eigenvalue weighted by Gasteiger charge is -2.34. The van der Waals surface area contributed by atoms with Gasteiger partial charge in [0.1, 0.15) is 0 Å². The monoisotopic (exact) mass is 197 g/mol. The quantitative estimate of drug-likeness (QED) is 0.747. The molecule has 0 saturated heterocycles. The molecule has 82 valence electrons. The molecule has 0 aromatic rings. The van der Waals surface area contributed by atoms with Gasteiger partial charge >= 0.3 is 0 Å². The second-order valence-electron chi connectivity index (χ2n) is 4.32. The Morgan fingerprint density at radius 2 is 2.07 bits per heavy atom. The van der Waals surface area contributed by atoms with Gasteiger partial charge in [0.2, 0.25) is 0 Å².